The first kappa shape index (κ1) is 14.5. The molecule has 20 heavy (non-hydrogen) atoms. The molecule has 2 aromatic rings. The fourth-order valence-electron chi connectivity index (χ4n) is 2.14. The number of benzene rings is 2. The molecule has 0 aliphatic carbocycles. The van der Waals surface area contributed by atoms with Crippen molar-refractivity contribution in [1.82, 2.24) is 0 Å². The van der Waals surface area contributed by atoms with Crippen molar-refractivity contribution < 1.29 is 9.84 Å². The quantitative estimate of drug-likeness (QED) is 0.845. The molecule has 0 saturated heterocycles. The fraction of sp³-hybridized carbons (Fsp3) is 0.250. The normalized spacial score (nSPS) is 11.9. The van der Waals surface area contributed by atoms with Crippen molar-refractivity contribution >= 4 is 17.3 Å². The number of aromatic hydroxyl groups is 1. The average Bonchev–Trinajstić information content (AvgIpc) is 2.46. The Morgan fingerprint density at radius 1 is 1.25 bits per heavy atom. The number of methoxy groups -OCH3 is 1. The van der Waals surface area contributed by atoms with Gasteiger partial charge >= 0.3 is 0 Å². The Morgan fingerprint density at radius 2 is 2.00 bits per heavy atom. The van der Waals surface area contributed by atoms with E-state index >= 15 is 0 Å². The van der Waals surface area contributed by atoms with Crippen molar-refractivity contribution in [3.63, 3.8) is 0 Å². The van der Waals surface area contributed by atoms with Crippen LogP contribution in [-0.2, 0) is 0 Å². The van der Waals surface area contributed by atoms with Crippen LogP contribution in [0, 0.1) is 0 Å². The summed E-state index contributed by atoms with van der Waals surface area (Å²) in [6.07, 6.45) is 0.848. The van der Waals surface area contributed by atoms with E-state index in [2.05, 4.69) is 12.2 Å². The maximum absolute atomic E-state index is 9.94. The van der Waals surface area contributed by atoms with E-state index in [4.69, 9.17) is 16.3 Å². The van der Waals surface area contributed by atoms with Gasteiger partial charge in [-0.2, -0.15) is 0 Å². The van der Waals surface area contributed by atoms with Crippen molar-refractivity contribution in [2.45, 2.75) is 19.4 Å². The third-order valence-corrected chi connectivity index (χ3v) is 3.51. The highest BCUT2D eigenvalue weighted by Gasteiger charge is 2.13. The lowest BCUT2D eigenvalue weighted by atomic mass is 10.0. The second-order valence-electron chi connectivity index (χ2n) is 4.51. The molecule has 0 spiro atoms. The van der Waals surface area contributed by atoms with Crippen molar-refractivity contribution in [2.24, 2.45) is 0 Å². The fourth-order valence-corrected chi connectivity index (χ4v) is 2.40. The summed E-state index contributed by atoms with van der Waals surface area (Å²) < 4.78 is 5.14. The van der Waals surface area contributed by atoms with Gasteiger partial charge in [0, 0.05) is 11.3 Å². The summed E-state index contributed by atoms with van der Waals surface area (Å²) in [5.74, 6) is 0.944. The van der Waals surface area contributed by atoms with Gasteiger partial charge < -0.3 is 15.2 Å². The minimum Gasteiger partial charge on any atom is -0.508 e. The maximum Gasteiger partial charge on any atom is 0.137 e. The summed E-state index contributed by atoms with van der Waals surface area (Å²) in [4.78, 5) is 0. The minimum absolute atomic E-state index is 0.0284. The van der Waals surface area contributed by atoms with Crippen LogP contribution in [0.2, 0.25) is 5.02 Å². The van der Waals surface area contributed by atoms with E-state index < -0.39 is 0 Å². The van der Waals surface area contributed by atoms with Crippen LogP contribution in [0.4, 0.5) is 5.69 Å². The van der Waals surface area contributed by atoms with Crippen LogP contribution in [-0.4, -0.2) is 12.2 Å². The zero-order valence-electron chi connectivity index (χ0n) is 11.6. The van der Waals surface area contributed by atoms with Gasteiger partial charge in [-0.1, -0.05) is 36.7 Å². The Labute approximate surface area is 124 Å². The van der Waals surface area contributed by atoms with Crippen LogP contribution >= 0.6 is 11.6 Å². The topological polar surface area (TPSA) is 41.5 Å². The van der Waals surface area contributed by atoms with Crippen LogP contribution in [0.3, 0.4) is 0 Å². The summed E-state index contributed by atoms with van der Waals surface area (Å²) in [7, 11) is 1.59. The molecular formula is C16H18ClNO2. The number of hydrogen-bond donors (Lipinski definition) is 2. The number of phenols is 1. The van der Waals surface area contributed by atoms with E-state index in [-0.39, 0.29) is 6.04 Å². The highest BCUT2D eigenvalue weighted by Crippen LogP contribution is 2.32. The van der Waals surface area contributed by atoms with Gasteiger partial charge in [-0.15, -0.1) is 0 Å². The van der Waals surface area contributed by atoms with E-state index in [1.165, 1.54) is 0 Å². The Morgan fingerprint density at radius 3 is 2.60 bits per heavy atom. The molecular weight excluding hydrogens is 274 g/mol. The molecule has 4 heteroatoms. The monoisotopic (exact) mass is 291 g/mol. The van der Waals surface area contributed by atoms with Crippen LogP contribution in [0.1, 0.15) is 24.9 Å². The Balaban J connectivity index is 2.23. The van der Waals surface area contributed by atoms with Crippen molar-refractivity contribution in [3.8, 4) is 11.5 Å². The number of ether oxygens (including phenoxy) is 1. The smallest absolute Gasteiger partial charge is 0.137 e. The minimum atomic E-state index is 0.0284. The van der Waals surface area contributed by atoms with Gasteiger partial charge in [0.15, 0.2) is 0 Å². The summed E-state index contributed by atoms with van der Waals surface area (Å²) in [5.41, 5.74) is 1.77. The first-order chi connectivity index (χ1) is 9.65. The Kier molecular flexibility index (Phi) is 4.74. The molecule has 0 aliphatic heterocycles. The van der Waals surface area contributed by atoms with E-state index in [1.54, 1.807) is 13.2 Å². The third kappa shape index (κ3) is 3.17. The van der Waals surface area contributed by atoms with E-state index in [9.17, 15) is 5.11 Å². The molecule has 0 heterocycles. The molecule has 2 rings (SSSR count). The lowest BCUT2D eigenvalue weighted by Crippen LogP contribution is -2.09. The molecule has 0 saturated carbocycles. The number of rotatable bonds is 5. The zero-order chi connectivity index (χ0) is 14.5. The van der Waals surface area contributed by atoms with Crippen LogP contribution in [0.15, 0.2) is 42.5 Å². The second kappa shape index (κ2) is 6.53. The van der Waals surface area contributed by atoms with Gasteiger partial charge in [0.05, 0.1) is 18.2 Å². The van der Waals surface area contributed by atoms with Gasteiger partial charge in [-0.05, 0) is 30.7 Å². The Bertz CT molecular complexity index is 586. The summed E-state index contributed by atoms with van der Waals surface area (Å²) >= 11 is 6.12. The molecule has 1 atom stereocenters. The molecule has 3 nitrogen and oxygen atoms in total. The highest BCUT2D eigenvalue weighted by atomic mass is 35.5. The largest absolute Gasteiger partial charge is 0.508 e. The predicted molar refractivity (Wildman–Crippen MR) is 82.8 cm³/mol. The first-order valence-corrected chi connectivity index (χ1v) is 6.91. The second-order valence-corrected chi connectivity index (χ2v) is 4.92. The number of anilines is 1. The molecule has 0 aromatic heterocycles. The lowest BCUT2D eigenvalue weighted by molar-refractivity contribution is 0.415. The standard InChI is InChI=1S/C16H18ClNO2/c1-3-14(12-6-4-5-7-15(12)19)18-11-8-9-16(20-2)13(17)10-11/h4-10,14,18-19H,3H2,1-2H3. The summed E-state index contributed by atoms with van der Waals surface area (Å²) in [6, 6.07) is 12.9. The van der Waals surface area contributed by atoms with Gasteiger partial charge in [-0.25, -0.2) is 0 Å². The van der Waals surface area contributed by atoms with Crippen molar-refractivity contribution in [3.05, 3.63) is 53.1 Å². The van der Waals surface area contributed by atoms with Crippen molar-refractivity contribution in [1.29, 1.82) is 0 Å². The van der Waals surface area contributed by atoms with Gasteiger partial charge in [0.2, 0.25) is 0 Å². The molecule has 0 aliphatic rings. The first-order valence-electron chi connectivity index (χ1n) is 6.53. The molecule has 0 bridgehead atoms. The van der Waals surface area contributed by atoms with Crippen LogP contribution < -0.4 is 10.1 Å². The predicted octanol–water partition coefficient (Wildman–Crippen LogP) is 4.62. The van der Waals surface area contributed by atoms with E-state index in [1.807, 2.05) is 36.4 Å². The van der Waals surface area contributed by atoms with Crippen LogP contribution in [0.25, 0.3) is 0 Å². The molecule has 0 amide bonds. The molecule has 0 fully saturated rings. The SMILES string of the molecule is CCC(Nc1ccc(OC)c(Cl)c1)c1ccccc1O. The molecule has 2 aromatic carbocycles. The Hall–Kier alpha value is -1.87. The van der Waals surface area contributed by atoms with E-state index in [0.29, 0.717) is 16.5 Å². The highest BCUT2D eigenvalue weighted by molar-refractivity contribution is 6.32. The number of phenolic OH excluding ortho intramolecular Hbond substituents is 1. The number of hydrogen-bond acceptors (Lipinski definition) is 3. The molecule has 0 radical (unpaired) electrons. The van der Waals surface area contributed by atoms with Gasteiger partial charge in [0.25, 0.3) is 0 Å². The summed E-state index contributed by atoms with van der Waals surface area (Å²) in [5, 5.41) is 13.9. The van der Waals surface area contributed by atoms with Gasteiger partial charge in [0.1, 0.15) is 11.5 Å². The van der Waals surface area contributed by atoms with Crippen molar-refractivity contribution in [2.75, 3.05) is 12.4 Å². The number of para-hydroxylation sites is 1. The number of nitrogens with one attached hydrogen (secondary N) is 1. The molecule has 1 unspecified atom stereocenters. The maximum atomic E-state index is 9.94. The third-order valence-electron chi connectivity index (χ3n) is 3.21. The number of halogens is 1. The lowest BCUT2D eigenvalue weighted by Gasteiger charge is -2.20. The molecule has 106 valence electrons. The summed E-state index contributed by atoms with van der Waals surface area (Å²) in [6.45, 7) is 2.06. The van der Waals surface area contributed by atoms with Gasteiger partial charge in [-0.3, -0.25) is 0 Å². The van der Waals surface area contributed by atoms with Crippen LogP contribution in [0.5, 0.6) is 11.5 Å². The van der Waals surface area contributed by atoms with E-state index in [0.717, 1.165) is 17.7 Å². The average molecular weight is 292 g/mol. The zero-order valence-corrected chi connectivity index (χ0v) is 12.3. The molecule has 2 N–H and O–H groups in total.